The Hall–Kier alpha value is -1.35. The predicted octanol–water partition coefficient (Wildman–Crippen LogP) is 1.23. The zero-order chi connectivity index (χ0) is 8.97. The molecule has 1 aromatic rings. The Morgan fingerprint density at radius 2 is 2.42 bits per heavy atom. The summed E-state index contributed by atoms with van der Waals surface area (Å²) in [5.74, 6) is -0.497. The smallest absolute Gasteiger partial charge is 0.241 e. The summed E-state index contributed by atoms with van der Waals surface area (Å²) >= 11 is 5.74. The molecule has 1 heterocycles. The monoisotopic (exact) mass is 182 g/mol. The quantitative estimate of drug-likeness (QED) is 0.700. The van der Waals surface area contributed by atoms with Gasteiger partial charge in [0.15, 0.2) is 0 Å². The van der Waals surface area contributed by atoms with Crippen LogP contribution < -0.4 is 5.73 Å². The number of carbonyl (C=O) groups excluding carboxylic acids is 1. The van der Waals surface area contributed by atoms with Gasteiger partial charge in [0, 0.05) is 18.5 Å². The molecule has 62 valence electrons. The van der Waals surface area contributed by atoms with Crippen LogP contribution in [0.15, 0.2) is 24.5 Å². The molecule has 0 fully saturated rings. The van der Waals surface area contributed by atoms with E-state index in [1.807, 2.05) is 0 Å². The SMILES string of the molecule is NC(=O)/C=C\c1ccncc1Cl. The number of primary amides is 1. The zero-order valence-corrected chi connectivity index (χ0v) is 6.95. The minimum absolute atomic E-state index is 0.495. The highest BCUT2D eigenvalue weighted by Gasteiger charge is 1.93. The molecule has 0 aliphatic heterocycles. The molecule has 3 nitrogen and oxygen atoms in total. The van der Waals surface area contributed by atoms with Gasteiger partial charge in [0.25, 0.3) is 0 Å². The minimum Gasteiger partial charge on any atom is -0.366 e. The molecule has 12 heavy (non-hydrogen) atoms. The van der Waals surface area contributed by atoms with Crippen LogP contribution in [0.1, 0.15) is 5.56 Å². The molecule has 0 unspecified atom stereocenters. The summed E-state index contributed by atoms with van der Waals surface area (Å²) in [6.07, 6.45) is 5.89. The van der Waals surface area contributed by atoms with Crippen LogP contribution in [0.5, 0.6) is 0 Å². The fraction of sp³-hybridized carbons (Fsp3) is 0. The second kappa shape index (κ2) is 3.88. The van der Waals surface area contributed by atoms with Crippen molar-refractivity contribution in [2.24, 2.45) is 5.73 Å². The van der Waals surface area contributed by atoms with Gasteiger partial charge in [-0.1, -0.05) is 11.6 Å². The van der Waals surface area contributed by atoms with Gasteiger partial charge in [0.2, 0.25) is 5.91 Å². The number of pyridine rings is 1. The summed E-state index contributed by atoms with van der Waals surface area (Å²) < 4.78 is 0. The standard InChI is InChI=1S/C8H7ClN2O/c9-7-5-11-4-3-6(7)1-2-8(10)12/h1-5H,(H2,10,12)/b2-1-. The lowest BCUT2D eigenvalue weighted by Gasteiger charge is -1.93. The second-order valence-corrected chi connectivity index (χ2v) is 2.54. The van der Waals surface area contributed by atoms with Gasteiger partial charge < -0.3 is 5.73 Å². The minimum atomic E-state index is -0.497. The van der Waals surface area contributed by atoms with Gasteiger partial charge in [-0.3, -0.25) is 9.78 Å². The van der Waals surface area contributed by atoms with E-state index in [1.165, 1.54) is 12.3 Å². The van der Waals surface area contributed by atoms with Crippen LogP contribution in [0.3, 0.4) is 0 Å². The van der Waals surface area contributed by atoms with Crippen LogP contribution in [-0.2, 0) is 4.79 Å². The molecule has 0 aromatic carbocycles. The summed E-state index contributed by atoms with van der Waals surface area (Å²) in [7, 11) is 0. The van der Waals surface area contributed by atoms with Crippen LogP contribution in [0.4, 0.5) is 0 Å². The van der Waals surface area contributed by atoms with Crippen molar-refractivity contribution < 1.29 is 4.79 Å². The van der Waals surface area contributed by atoms with E-state index in [2.05, 4.69) is 4.98 Å². The maximum absolute atomic E-state index is 10.4. The highest BCUT2D eigenvalue weighted by Crippen LogP contribution is 2.14. The fourth-order valence-electron chi connectivity index (χ4n) is 0.693. The van der Waals surface area contributed by atoms with Crippen molar-refractivity contribution in [3.8, 4) is 0 Å². The van der Waals surface area contributed by atoms with Crippen molar-refractivity contribution in [2.75, 3.05) is 0 Å². The summed E-state index contributed by atoms with van der Waals surface area (Å²) in [5, 5.41) is 0.495. The van der Waals surface area contributed by atoms with Crippen LogP contribution in [0.25, 0.3) is 6.08 Å². The second-order valence-electron chi connectivity index (χ2n) is 2.13. The molecule has 0 aliphatic carbocycles. The van der Waals surface area contributed by atoms with Gasteiger partial charge >= 0.3 is 0 Å². The van der Waals surface area contributed by atoms with Gasteiger partial charge in [-0.25, -0.2) is 0 Å². The number of hydrogen-bond acceptors (Lipinski definition) is 2. The van der Waals surface area contributed by atoms with Crippen LogP contribution in [0, 0.1) is 0 Å². The first-order valence-corrected chi connectivity index (χ1v) is 3.65. The highest BCUT2D eigenvalue weighted by molar-refractivity contribution is 6.32. The van der Waals surface area contributed by atoms with Crippen molar-refractivity contribution in [2.45, 2.75) is 0 Å². The van der Waals surface area contributed by atoms with Crippen molar-refractivity contribution >= 4 is 23.6 Å². The van der Waals surface area contributed by atoms with E-state index in [0.717, 1.165) is 5.56 Å². The zero-order valence-electron chi connectivity index (χ0n) is 6.20. The molecular weight excluding hydrogens is 176 g/mol. The molecule has 0 spiro atoms. The van der Waals surface area contributed by atoms with E-state index in [9.17, 15) is 4.79 Å². The van der Waals surface area contributed by atoms with Crippen LogP contribution in [-0.4, -0.2) is 10.9 Å². The molecule has 2 N–H and O–H groups in total. The summed E-state index contributed by atoms with van der Waals surface area (Å²) in [5.41, 5.74) is 5.63. The Morgan fingerprint density at radius 1 is 1.67 bits per heavy atom. The van der Waals surface area contributed by atoms with Gasteiger partial charge in [0.05, 0.1) is 5.02 Å². The van der Waals surface area contributed by atoms with E-state index in [-0.39, 0.29) is 0 Å². The lowest BCUT2D eigenvalue weighted by molar-refractivity contribution is -0.113. The molecule has 4 heteroatoms. The Labute approximate surface area is 74.9 Å². The Balaban J connectivity index is 2.89. The number of carbonyl (C=O) groups is 1. The van der Waals surface area contributed by atoms with E-state index in [4.69, 9.17) is 17.3 Å². The van der Waals surface area contributed by atoms with Gasteiger partial charge in [-0.2, -0.15) is 0 Å². The molecule has 0 aliphatic rings. The number of halogens is 1. The molecule has 1 aromatic heterocycles. The number of amides is 1. The molecule has 0 saturated heterocycles. The number of hydrogen-bond donors (Lipinski definition) is 1. The van der Waals surface area contributed by atoms with Gasteiger partial charge in [-0.15, -0.1) is 0 Å². The molecule has 0 bridgehead atoms. The highest BCUT2D eigenvalue weighted by atomic mass is 35.5. The van der Waals surface area contributed by atoms with Crippen molar-refractivity contribution in [3.63, 3.8) is 0 Å². The molecule has 0 atom stereocenters. The number of nitrogens with zero attached hydrogens (tertiary/aromatic N) is 1. The third kappa shape index (κ3) is 2.36. The maximum Gasteiger partial charge on any atom is 0.241 e. The van der Waals surface area contributed by atoms with Crippen molar-refractivity contribution in [3.05, 3.63) is 35.1 Å². The third-order valence-corrected chi connectivity index (χ3v) is 1.55. The van der Waals surface area contributed by atoms with Gasteiger partial charge in [-0.05, 0) is 17.7 Å². The van der Waals surface area contributed by atoms with E-state index < -0.39 is 5.91 Å². The number of aromatic nitrogens is 1. The molecular formula is C8H7ClN2O. The summed E-state index contributed by atoms with van der Waals surface area (Å²) in [4.78, 5) is 14.2. The van der Waals surface area contributed by atoms with Gasteiger partial charge in [0.1, 0.15) is 0 Å². The Morgan fingerprint density at radius 3 is 3.00 bits per heavy atom. The fourth-order valence-corrected chi connectivity index (χ4v) is 0.875. The average molecular weight is 183 g/mol. The Kier molecular flexibility index (Phi) is 2.82. The molecule has 1 rings (SSSR count). The number of nitrogens with two attached hydrogens (primary N) is 1. The molecule has 1 amide bonds. The normalized spacial score (nSPS) is 10.4. The van der Waals surface area contributed by atoms with E-state index >= 15 is 0 Å². The lowest BCUT2D eigenvalue weighted by atomic mass is 10.2. The first-order valence-electron chi connectivity index (χ1n) is 3.27. The Bertz CT molecular complexity index is 323. The molecule has 0 saturated carbocycles. The van der Waals surface area contributed by atoms with E-state index in [1.54, 1.807) is 18.3 Å². The number of rotatable bonds is 2. The van der Waals surface area contributed by atoms with Crippen LogP contribution >= 0.6 is 11.6 Å². The topological polar surface area (TPSA) is 56.0 Å². The lowest BCUT2D eigenvalue weighted by Crippen LogP contribution is -2.05. The largest absolute Gasteiger partial charge is 0.366 e. The van der Waals surface area contributed by atoms with Crippen molar-refractivity contribution in [1.82, 2.24) is 4.98 Å². The van der Waals surface area contributed by atoms with Crippen molar-refractivity contribution in [1.29, 1.82) is 0 Å². The van der Waals surface area contributed by atoms with E-state index in [0.29, 0.717) is 5.02 Å². The predicted molar refractivity (Wildman–Crippen MR) is 47.5 cm³/mol. The summed E-state index contributed by atoms with van der Waals surface area (Å²) in [6, 6.07) is 1.70. The first kappa shape index (κ1) is 8.74. The average Bonchev–Trinajstić information content (AvgIpc) is 2.03. The molecule has 0 radical (unpaired) electrons. The van der Waals surface area contributed by atoms with Crippen LogP contribution in [0.2, 0.25) is 5.02 Å². The third-order valence-electron chi connectivity index (χ3n) is 1.23. The maximum atomic E-state index is 10.4. The summed E-state index contributed by atoms with van der Waals surface area (Å²) in [6.45, 7) is 0. The first-order chi connectivity index (χ1) is 5.70.